The lowest BCUT2D eigenvalue weighted by Gasteiger charge is -2.12. The Kier molecular flexibility index (Phi) is 8.53. The Hall–Kier alpha value is -2.32. The molecule has 4 rings (SSSR count). The highest BCUT2D eigenvalue weighted by molar-refractivity contribution is 7.99. The number of para-hydroxylation sites is 1. The topological polar surface area (TPSA) is 59.9 Å². The molecule has 5 nitrogen and oxygen atoms in total. The van der Waals surface area contributed by atoms with Crippen molar-refractivity contribution >= 4 is 58.9 Å². The van der Waals surface area contributed by atoms with Crippen LogP contribution in [0.25, 0.3) is 0 Å². The molecule has 0 aliphatic rings. The van der Waals surface area contributed by atoms with Gasteiger partial charge in [-0.3, -0.25) is 4.98 Å². The first-order valence-corrected chi connectivity index (χ1v) is 9.54. The Morgan fingerprint density at radius 3 is 2.39 bits per heavy atom. The second kappa shape index (κ2) is 10.9. The van der Waals surface area contributed by atoms with Gasteiger partial charge in [-0.1, -0.05) is 30.0 Å². The van der Waals surface area contributed by atoms with Crippen LogP contribution in [0.1, 0.15) is 0 Å². The van der Waals surface area contributed by atoms with Gasteiger partial charge in [-0.2, -0.15) is 0 Å². The molecule has 0 aliphatic carbocycles. The summed E-state index contributed by atoms with van der Waals surface area (Å²) in [6.07, 6.45) is 7.11. The highest BCUT2D eigenvalue weighted by Crippen LogP contribution is 2.36. The average Bonchev–Trinajstić information content (AvgIpc) is 3.19. The summed E-state index contributed by atoms with van der Waals surface area (Å²) in [5, 5.41) is 5.89. The molecule has 9 heteroatoms. The molecule has 1 N–H and O–H groups in total. The summed E-state index contributed by atoms with van der Waals surface area (Å²) in [6.45, 7) is 0. The maximum absolute atomic E-state index is 6.06. The molecule has 4 aromatic rings. The second-order valence-electron chi connectivity index (χ2n) is 5.18. The highest BCUT2D eigenvalue weighted by atomic mass is 35.5. The van der Waals surface area contributed by atoms with Gasteiger partial charge >= 0.3 is 0 Å². The minimum atomic E-state index is 0. The second-order valence-corrected chi connectivity index (χ2v) is 7.22. The Labute approximate surface area is 183 Å². The Bertz CT molecular complexity index is 974. The van der Waals surface area contributed by atoms with E-state index < -0.39 is 0 Å². The van der Waals surface area contributed by atoms with Gasteiger partial charge in [0.25, 0.3) is 0 Å². The number of anilines is 2. The number of nitrogens with one attached hydrogen (secondary N) is 1. The lowest BCUT2D eigenvalue weighted by molar-refractivity contribution is 0.481. The number of pyridine rings is 2. The lowest BCUT2D eigenvalue weighted by atomic mass is 10.3. The largest absolute Gasteiger partial charge is 0.453 e. The van der Waals surface area contributed by atoms with E-state index in [4.69, 9.17) is 4.74 Å². The third-order valence-electron chi connectivity index (χ3n) is 3.34. The van der Waals surface area contributed by atoms with E-state index in [1.54, 1.807) is 30.4 Å². The fraction of sp³-hybridized carbons (Fsp3) is 0. The monoisotopic (exact) mass is 450 g/mol. The van der Waals surface area contributed by atoms with Gasteiger partial charge in [-0.05, 0) is 24.3 Å². The predicted octanol–water partition coefficient (Wildman–Crippen LogP) is 6.46. The smallest absolute Gasteiger partial charge is 0.188 e. The zero-order valence-electron chi connectivity index (χ0n) is 14.4. The zero-order chi connectivity index (χ0) is 17.6. The Morgan fingerprint density at radius 1 is 0.893 bits per heavy atom. The molecule has 0 aliphatic heterocycles. The van der Waals surface area contributed by atoms with Crippen molar-refractivity contribution in [3.05, 3.63) is 78.7 Å². The molecule has 0 bridgehead atoms. The van der Waals surface area contributed by atoms with Crippen molar-refractivity contribution in [2.45, 2.75) is 9.79 Å². The lowest BCUT2D eigenvalue weighted by Crippen LogP contribution is -1.97. The van der Waals surface area contributed by atoms with E-state index in [1.807, 2.05) is 60.1 Å². The van der Waals surface area contributed by atoms with Crippen LogP contribution in [0.5, 0.6) is 11.5 Å². The van der Waals surface area contributed by atoms with Crippen molar-refractivity contribution in [3.8, 4) is 11.5 Å². The summed E-state index contributed by atoms with van der Waals surface area (Å²) in [5.74, 6) is 2.02. The SMILES string of the molecule is Cl.Cl.c1ccc(Oc2cc(Sc3ccncc3)cnc2Nc2nccs2)cc1. The van der Waals surface area contributed by atoms with E-state index >= 15 is 0 Å². The first kappa shape index (κ1) is 22.0. The van der Waals surface area contributed by atoms with Crippen LogP contribution in [0.15, 0.2) is 88.5 Å². The number of aromatic nitrogens is 3. The van der Waals surface area contributed by atoms with Crippen LogP contribution in [-0.2, 0) is 0 Å². The van der Waals surface area contributed by atoms with Gasteiger partial charge in [0.2, 0.25) is 0 Å². The quantitative estimate of drug-likeness (QED) is 0.363. The van der Waals surface area contributed by atoms with Crippen LogP contribution in [0.2, 0.25) is 0 Å². The first-order chi connectivity index (χ1) is 12.9. The molecule has 0 saturated heterocycles. The molecule has 1 aromatic carbocycles. The zero-order valence-corrected chi connectivity index (χ0v) is 17.7. The molecule has 0 saturated carbocycles. The maximum atomic E-state index is 6.06. The molecule has 144 valence electrons. The minimum Gasteiger partial charge on any atom is -0.453 e. The number of thiazole rings is 1. The fourth-order valence-corrected chi connectivity index (χ4v) is 3.53. The number of halogens is 2. The van der Waals surface area contributed by atoms with Crippen molar-refractivity contribution in [2.75, 3.05) is 5.32 Å². The van der Waals surface area contributed by atoms with Gasteiger partial charge in [0, 0.05) is 46.0 Å². The third-order valence-corrected chi connectivity index (χ3v) is 5.00. The van der Waals surface area contributed by atoms with E-state index in [0.29, 0.717) is 11.6 Å². The van der Waals surface area contributed by atoms with Crippen LogP contribution in [0.4, 0.5) is 10.9 Å². The molecule has 0 atom stereocenters. The Balaban J connectivity index is 0.00000140. The van der Waals surface area contributed by atoms with Crippen LogP contribution in [0.3, 0.4) is 0 Å². The highest BCUT2D eigenvalue weighted by Gasteiger charge is 2.11. The molecule has 3 aromatic heterocycles. The molecule has 0 spiro atoms. The standard InChI is InChI=1S/C19H14N4OS2.2ClH/c1-2-4-14(5-3-1)24-17-12-16(26-15-6-8-20-9-7-15)13-22-18(17)23-19-21-10-11-25-19;;/h1-13H,(H,21,22,23);2*1H. The number of ether oxygens (including phenoxy) is 1. The summed E-state index contributed by atoms with van der Waals surface area (Å²) in [7, 11) is 0. The van der Waals surface area contributed by atoms with Gasteiger partial charge in [-0.25, -0.2) is 9.97 Å². The molecule has 0 fully saturated rings. The summed E-state index contributed by atoms with van der Waals surface area (Å²) in [6, 6.07) is 15.6. The van der Waals surface area contributed by atoms with E-state index in [9.17, 15) is 0 Å². The van der Waals surface area contributed by atoms with Crippen molar-refractivity contribution in [1.29, 1.82) is 0 Å². The van der Waals surface area contributed by atoms with E-state index in [1.165, 1.54) is 11.3 Å². The van der Waals surface area contributed by atoms with Gasteiger partial charge in [-0.15, -0.1) is 36.2 Å². The van der Waals surface area contributed by atoms with Crippen LogP contribution < -0.4 is 10.1 Å². The van der Waals surface area contributed by atoms with Gasteiger partial charge < -0.3 is 10.1 Å². The Morgan fingerprint density at radius 2 is 1.68 bits per heavy atom. The molecular weight excluding hydrogens is 435 g/mol. The minimum absolute atomic E-state index is 0. The summed E-state index contributed by atoms with van der Waals surface area (Å²) in [4.78, 5) is 14.9. The summed E-state index contributed by atoms with van der Waals surface area (Å²) >= 11 is 3.12. The average molecular weight is 451 g/mol. The van der Waals surface area contributed by atoms with Crippen LogP contribution in [0, 0.1) is 0 Å². The van der Waals surface area contributed by atoms with Crippen LogP contribution >= 0.6 is 47.9 Å². The van der Waals surface area contributed by atoms with Gasteiger partial charge in [0.1, 0.15) is 5.75 Å². The molecule has 3 heterocycles. The first-order valence-electron chi connectivity index (χ1n) is 7.84. The maximum Gasteiger partial charge on any atom is 0.188 e. The fourth-order valence-electron chi connectivity index (χ4n) is 2.20. The molecule has 28 heavy (non-hydrogen) atoms. The third kappa shape index (κ3) is 5.84. The van der Waals surface area contributed by atoms with Gasteiger partial charge in [0.05, 0.1) is 0 Å². The van der Waals surface area contributed by atoms with Crippen molar-refractivity contribution < 1.29 is 4.74 Å². The van der Waals surface area contributed by atoms with Gasteiger partial charge in [0.15, 0.2) is 16.7 Å². The number of hydrogen-bond donors (Lipinski definition) is 1. The van der Waals surface area contributed by atoms with E-state index in [2.05, 4.69) is 20.3 Å². The molecular formula is C19H16Cl2N4OS2. The van der Waals surface area contributed by atoms with Crippen LogP contribution in [-0.4, -0.2) is 15.0 Å². The summed E-state index contributed by atoms with van der Waals surface area (Å²) < 4.78 is 6.06. The normalized spacial score (nSPS) is 9.71. The number of benzene rings is 1. The van der Waals surface area contributed by atoms with Crippen molar-refractivity contribution in [2.24, 2.45) is 0 Å². The van der Waals surface area contributed by atoms with E-state index in [-0.39, 0.29) is 24.8 Å². The summed E-state index contributed by atoms with van der Waals surface area (Å²) in [5.41, 5.74) is 0. The molecule has 0 radical (unpaired) electrons. The molecule has 0 amide bonds. The number of rotatable bonds is 6. The number of hydrogen-bond acceptors (Lipinski definition) is 7. The number of nitrogens with zero attached hydrogens (tertiary/aromatic N) is 3. The predicted molar refractivity (Wildman–Crippen MR) is 119 cm³/mol. The molecule has 0 unspecified atom stereocenters. The van der Waals surface area contributed by atoms with Crippen molar-refractivity contribution in [1.82, 2.24) is 15.0 Å². The van der Waals surface area contributed by atoms with Crippen molar-refractivity contribution in [3.63, 3.8) is 0 Å². The van der Waals surface area contributed by atoms with E-state index in [0.717, 1.165) is 20.7 Å².